The highest BCUT2D eigenvalue weighted by atomic mass is 16.5. The Bertz CT molecular complexity index is 1620. The van der Waals surface area contributed by atoms with E-state index in [1.165, 1.54) is 6.08 Å². The molecule has 0 aliphatic heterocycles. The van der Waals surface area contributed by atoms with Crippen LogP contribution in [-0.2, 0) is 21.1 Å². The lowest BCUT2D eigenvalue weighted by Crippen LogP contribution is -2.23. The zero-order chi connectivity index (χ0) is 30.4. The average molecular weight is 572 g/mol. The number of ether oxygens (including phenoxy) is 3. The van der Waals surface area contributed by atoms with Crippen LogP contribution in [0.3, 0.4) is 0 Å². The average Bonchev–Trinajstić information content (AvgIpc) is 3.32. The molecule has 220 valence electrons. The topological polar surface area (TPSA) is 108 Å². The van der Waals surface area contributed by atoms with Gasteiger partial charge in [0.1, 0.15) is 11.4 Å². The van der Waals surface area contributed by atoms with Gasteiger partial charge in [-0.25, -0.2) is 9.97 Å². The van der Waals surface area contributed by atoms with E-state index in [4.69, 9.17) is 19.2 Å². The summed E-state index contributed by atoms with van der Waals surface area (Å²) in [6.45, 7) is 6.11. The largest absolute Gasteiger partial charge is 0.497 e. The summed E-state index contributed by atoms with van der Waals surface area (Å²) >= 11 is 0. The molecule has 0 radical (unpaired) electrons. The van der Waals surface area contributed by atoms with Gasteiger partial charge < -0.3 is 24.4 Å². The van der Waals surface area contributed by atoms with E-state index in [9.17, 15) is 9.59 Å². The van der Waals surface area contributed by atoms with Gasteiger partial charge in [0.15, 0.2) is 6.73 Å². The van der Waals surface area contributed by atoms with Crippen molar-refractivity contribution < 1.29 is 23.8 Å². The monoisotopic (exact) mass is 571 g/mol. The van der Waals surface area contributed by atoms with Crippen molar-refractivity contribution in [3.05, 3.63) is 67.1 Å². The first-order valence-electron chi connectivity index (χ1n) is 13.5. The van der Waals surface area contributed by atoms with Gasteiger partial charge in [0.05, 0.1) is 19.6 Å². The number of hydrogen-bond acceptors (Lipinski definition) is 8. The van der Waals surface area contributed by atoms with Crippen LogP contribution in [0.4, 0.5) is 5.69 Å². The van der Waals surface area contributed by atoms with Crippen LogP contribution in [0, 0.1) is 5.41 Å². The zero-order valence-electron chi connectivity index (χ0n) is 25.1. The fourth-order valence-corrected chi connectivity index (χ4v) is 4.20. The van der Waals surface area contributed by atoms with Crippen molar-refractivity contribution in [2.24, 2.45) is 5.41 Å². The number of pyridine rings is 2. The van der Waals surface area contributed by atoms with Crippen LogP contribution in [0.1, 0.15) is 20.8 Å². The summed E-state index contributed by atoms with van der Waals surface area (Å²) in [5.41, 5.74) is 3.97. The van der Waals surface area contributed by atoms with Crippen molar-refractivity contribution in [3.63, 3.8) is 0 Å². The number of amides is 1. The minimum Gasteiger partial charge on any atom is -0.497 e. The molecule has 0 saturated heterocycles. The first-order chi connectivity index (χ1) is 20.0. The Hall–Kier alpha value is -4.70. The van der Waals surface area contributed by atoms with E-state index in [0.717, 1.165) is 27.6 Å². The molecule has 1 amide bonds. The minimum absolute atomic E-state index is 0.0118. The molecule has 0 bridgehead atoms. The molecule has 0 spiro atoms. The van der Waals surface area contributed by atoms with Crippen LogP contribution in [0.5, 0.6) is 11.6 Å². The Morgan fingerprint density at radius 3 is 2.48 bits per heavy atom. The molecule has 10 nitrogen and oxygen atoms in total. The highest BCUT2D eigenvalue weighted by molar-refractivity contribution is 6.00. The highest BCUT2D eigenvalue weighted by Crippen LogP contribution is 2.35. The predicted octanol–water partition coefficient (Wildman–Crippen LogP) is 5.39. The molecule has 0 atom stereocenters. The van der Waals surface area contributed by atoms with Crippen molar-refractivity contribution in [2.75, 3.05) is 40.2 Å². The maximum Gasteiger partial charge on any atom is 0.312 e. The number of nitrogens with zero attached hydrogens (tertiary/aromatic N) is 4. The van der Waals surface area contributed by atoms with E-state index >= 15 is 0 Å². The van der Waals surface area contributed by atoms with Crippen molar-refractivity contribution in [1.82, 2.24) is 19.4 Å². The van der Waals surface area contributed by atoms with Gasteiger partial charge in [-0.3, -0.25) is 14.2 Å². The number of methoxy groups -OCH3 is 2. The smallest absolute Gasteiger partial charge is 0.312 e. The fourth-order valence-electron chi connectivity index (χ4n) is 4.20. The quantitative estimate of drug-likeness (QED) is 0.200. The standard InChI is InChI=1S/C32H37N5O5/c1-32(2,3)31(39)42-20-37-19-27(21-10-11-33-29(16-21)41-7)26-15-23(18-34-30(26)37)22-13-24(17-25(14-22)40-6)35-28(38)9-8-12-36(4)5/h8-11,13-19H,12,20H2,1-7H3,(H,35,38)/b9-8+. The summed E-state index contributed by atoms with van der Waals surface area (Å²) in [7, 11) is 7.02. The molecule has 42 heavy (non-hydrogen) atoms. The van der Waals surface area contributed by atoms with E-state index in [0.29, 0.717) is 29.5 Å². The third kappa shape index (κ3) is 7.32. The number of esters is 1. The van der Waals surface area contributed by atoms with Gasteiger partial charge in [-0.15, -0.1) is 0 Å². The maximum atomic E-state index is 12.5. The summed E-state index contributed by atoms with van der Waals surface area (Å²) in [6, 6.07) is 11.3. The first-order valence-corrected chi connectivity index (χ1v) is 13.5. The van der Waals surface area contributed by atoms with Crippen LogP contribution in [-0.4, -0.2) is 66.2 Å². The second-order valence-corrected chi connectivity index (χ2v) is 11.1. The molecule has 3 aromatic heterocycles. The molecule has 3 heterocycles. The third-order valence-electron chi connectivity index (χ3n) is 6.40. The molecule has 4 aromatic rings. The van der Waals surface area contributed by atoms with Gasteiger partial charge in [0.25, 0.3) is 0 Å². The molecule has 0 aliphatic rings. The first kappa shape index (κ1) is 30.3. The number of fused-ring (bicyclic) bond motifs is 1. The van der Waals surface area contributed by atoms with E-state index in [2.05, 4.69) is 10.3 Å². The number of rotatable bonds is 10. The van der Waals surface area contributed by atoms with Crippen LogP contribution in [0.2, 0.25) is 0 Å². The molecule has 4 rings (SSSR count). The molecule has 1 N–H and O–H groups in total. The van der Waals surface area contributed by atoms with Crippen LogP contribution < -0.4 is 14.8 Å². The van der Waals surface area contributed by atoms with Gasteiger partial charge in [-0.2, -0.15) is 0 Å². The molecule has 1 aromatic carbocycles. The molecule has 0 aliphatic carbocycles. The molecule has 0 fully saturated rings. The molecular weight excluding hydrogens is 534 g/mol. The normalized spacial score (nSPS) is 11.7. The lowest BCUT2D eigenvalue weighted by Gasteiger charge is -2.17. The van der Waals surface area contributed by atoms with Gasteiger partial charge in [0.2, 0.25) is 11.8 Å². The summed E-state index contributed by atoms with van der Waals surface area (Å²) in [5, 5.41) is 3.75. The van der Waals surface area contributed by atoms with Crippen molar-refractivity contribution in [2.45, 2.75) is 27.5 Å². The Balaban J connectivity index is 1.76. The fraction of sp³-hybridized carbons (Fsp3) is 0.312. The summed E-state index contributed by atoms with van der Waals surface area (Å²) in [6.07, 6.45) is 8.64. The number of nitrogens with one attached hydrogen (secondary N) is 1. The van der Waals surface area contributed by atoms with Gasteiger partial charge in [0, 0.05) is 65.5 Å². The SMILES string of the molecule is COc1cc(NC(=O)/C=C/CN(C)C)cc(-c2cnc3c(c2)c(-c2ccnc(OC)c2)cn3COC(=O)C(C)(C)C)c1. The number of hydrogen-bond donors (Lipinski definition) is 1. The molecule has 0 unspecified atom stereocenters. The summed E-state index contributed by atoms with van der Waals surface area (Å²) in [5.74, 6) is 0.520. The Kier molecular flexibility index (Phi) is 9.27. The van der Waals surface area contributed by atoms with Gasteiger partial charge in [-0.05, 0) is 70.3 Å². The number of anilines is 1. The molecular formula is C32H37N5O5. The molecule has 0 saturated carbocycles. The maximum absolute atomic E-state index is 12.5. The number of likely N-dealkylation sites (N-methyl/N-ethyl adjacent to an activating group) is 1. The van der Waals surface area contributed by atoms with Crippen molar-refractivity contribution in [3.8, 4) is 33.9 Å². The highest BCUT2D eigenvalue weighted by Gasteiger charge is 2.24. The Morgan fingerprint density at radius 2 is 1.79 bits per heavy atom. The zero-order valence-corrected chi connectivity index (χ0v) is 25.1. The number of aromatic nitrogens is 3. The van der Waals surface area contributed by atoms with E-state index in [1.54, 1.807) is 38.8 Å². The van der Waals surface area contributed by atoms with Crippen molar-refractivity contribution >= 4 is 28.6 Å². The third-order valence-corrected chi connectivity index (χ3v) is 6.40. The number of benzene rings is 1. The Labute approximate surface area is 245 Å². The van der Waals surface area contributed by atoms with Crippen LogP contribution in [0.15, 0.2) is 67.1 Å². The lowest BCUT2D eigenvalue weighted by atomic mass is 9.98. The second-order valence-electron chi connectivity index (χ2n) is 11.1. The second kappa shape index (κ2) is 12.9. The number of carbonyl (C=O) groups is 2. The Morgan fingerprint density at radius 1 is 1.00 bits per heavy atom. The minimum atomic E-state index is -0.632. The lowest BCUT2D eigenvalue weighted by molar-refractivity contribution is -0.156. The summed E-state index contributed by atoms with van der Waals surface area (Å²) < 4.78 is 18.3. The van der Waals surface area contributed by atoms with Crippen LogP contribution in [0.25, 0.3) is 33.3 Å². The number of carbonyl (C=O) groups excluding carboxylic acids is 2. The molecule has 10 heteroatoms. The van der Waals surface area contributed by atoms with Crippen molar-refractivity contribution in [1.29, 1.82) is 0 Å². The predicted molar refractivity (Wildman–Crippen MR) is 163 cm³/mol. The van der Waals surface area contributed by atoms with Crippen LogP contribution >= 0.6 is 0 Å². The van der Waals surface area contributed by atoms with E-state index in [1.807, 2.05) is 80.9 Å². The van der Waals surface area contributed by atoms with Gasteiger partial charge in [-0.1, -0.05) is 6.08 Å². The van der Waals surface area contributed by atoms with E-state index < -0.39 is 5.41 Å². The van der Waals surface area contributed by atoms with E-state index in [-0.39, 0.29) is 18.6 Å². The summed E-state index contributed by atoms with van der Waals surface area (Å²) in [4.78, 5) is 36.0. The van der Waals surface area contributed by atoms with Gasteiger partial charge >= 0.3 is 5.97 Å².